The molecular formula is C26H20FN5O4. The summed E-state index contributed by atoms with van der Waals surface area (Å²) in [5.41, 5.74) is 3.58. The summed E-state index contributed by atoms with van der Waals surface area (Å²) < 4.78 is 21.9. The van der Waals surface area contributed by atoms with Crippen LogP contribution in [0.4, 0.5) is 10.1 Å². The third-order valence-electron chi connectivity index (χ3n) is 5.53. The van der Waals surface area contributed by atoms with Crippen molar-refractivity contribution in [1.29, 1.82) is 0 Å². The molecule has 0 saturated heterocycles. The summed E-state index contributed by atoms with van der Waals surface area (Å²) in [5.74, 6) is -1.67. The van der Waals surface area contributed by atoms with Crippen LogP contribution in [0, 0.1) is 12.7 Å². The lowest BCUT2D eigenvalue weighted by Crippen LogP contribution is -2.14. The largest absolute Gasteiger partial charge is 0.481 e. The second-order valence-corrected chi connectivity index (χ2v) is 8.15. The maximum atomic E-state index is 14.7. The summed E-state index contributed by atoms with van der Waals surface area (Å²) >= 11 is 0. The third-order valence-corrected chi connectivity index (χ3v) is 5.53. The number of oxazole rings is 1. The van der Waals surface area contributed by atoms with Crippen LogP contribution in [0.3, 0.4) is 0 Å². The van der Waals surface area contributed by atoms with Gasteiger partial charge in [0.25, 0.3) is 5.91 Å². The van der Waals surface area contributed by atoms with Crippen LogP contribution >= 0.6 is 0 Å². The zero-order chi connectivity index (χ0) is 25.2. The zero-order valence-corrected chi connectivity index (χ0v) is 19.1. The molecule has 5 aromatic rings. The normalized spacial score (nSPS) is 11.1. The number of aromatic nitrogens is 4. The summed E-state index contributed by atoms with van der Waals surface area (Å²) in [4.78, 5) is 36.9. The standard InChI is InChI=1S/C26H20FN5O4/c1-15-10-16(8-9-28-15)26-31-22(14-36-26)25(35)30-21-13-32-12-17(6-7-24(33)34)29-23(32)11-19(21)18-4-2-3-5-20(18)27/h2-5,8-14H,6-7H2,1H3,(H,30,35)(H,33,34). The van der Waals surface area contributed by atoms with E-state index in [1.165, 1.54) is 12.3 Å². The van der Waals surface area contributed by atoms with Crippen LogP contribution in [0.25, 0.3) is 28.2 Å². The van der Waals surface area contributed by atoms with Gasteiger partial charge in [-0.3, -0.25) is 14.6 Å². The lowest BCUT2D eigenvalue weighted by atomic mass is 10.0. The van der Waals surface area contributed by atoms with Gasteiger partial charge in [0.05, 0.1) is 17.8 Å². The number of carbonyl (C=O) groups excluding carboxylic acids is 1. The van der Waals surface area contributed by atoms with Crippen molar-refractivity contribution in [2.45, 2.75) is 19.8 Å². The Balaban J connectivity index is 1.51. The highest BCUT2D eigenvalue weighted by Crippen LogP contribution is 2.32. The van der Waals surface area contributed by atoms with Gasteiger partial charge >= 0.3 is 5.97 Å². The van der Waals surface area contributed by atoms with Gasteiger partial charge in [-0.2, -0.15) is 0 Å². The maximum Gasteiger partial charge on any atom is 0.303 e. The van der Waals surface area contributed by atoms with E-state index in [4.69, 9.17) is 9.52 Å². The quantitative estimate of drug-likeness (QED) is 0.340. The molecule has 0 aliphatic rings. The molecule has 0 aliphatic carbocycles. The first-order valence-electron chi connectivity index (χ1n) is 11.1. The number of carboxylic acids is 1. The molecule has 9 nitrogen and oxygen atoms in total. The van der Waals surface area contributed by atoms with Crippen LogP contribution in [0.1, 0.15) is 28.3 Å². The molecule has 0 saturated carbocycles. The number of rotatable bonds is 7. The topological polar surface area (TPSA) is 123 Å². The molecule has 4 aromatic heterocycles. The zero-order valence-electron chi connectivity index (χ0n) is 19.1. The van der Waals surface area contributed by atoms with Crippen molar-refractivity contribution in [3.8, 4) is 22.6 Å². The number of aryl methyl sites for hydroxylation is 2. The van der Waals surface area contributed by atoms with Crippen molar-refractivity contribution >= 4 is 23.2 Å². The van der Waals surface area contributed by atoms with E-state index in [1.54, 1.807) is 59.4 Å². The monoisotopic (exact) mass is 485 g/mol. The summed E-state index contributed by atoms with van der Waals surface area (Å²) in [5, 5.41) is 11.8. The summed E-state index contributed by atoms with van der Waals surface area (Å²) in [6, 6.07) is 11.4. The van der Waals surface area contributed by atoms with Crippen molar-refractivity contribution in [3.63, 3.8) is 0 Å². The minimum absolute atomic E-state index is 0.0480. The molecule has 1 amide bonds. The number of imidazole rings is 1. The van der Waals surface area contributed by atoms with E-state index < -0.39 is 17.7 Å². The molecule has 0 fully saturated rings. The predicted molar refractivity (Wildman–Crippen MR) is 129 cm³/mol. The van der Waals surface area contributed by atoms with Crippen molar-refractivity contribution in [1.82, 2.24) is 19.4 Å². The Kier molecular flexibility index (Phi) is 5.99. The fourth-order valence-electron chi connectivity index (χ4n) is 3.82. The van der Waals surface area contributed by atoms with Crippen LogP contribution in [0.15, 0.2) is 71.7 Å². The van der Waals surface area contributed by atoms with Gasteiger partial charge in [-0.05, 0) is 31.2 Å². The number of benzene rings is 1. The van der Waals surface area contributed by atoms with Crippen molar-refractivity contribution in [3.05, 3.63) is 90.2 Å². The van der Waals surface area contributed by atoms with Crippen LogP contribution in [0.2, 0.25) is 0 Å². The van der Waals surface area contributed by atoms with E-state index in [9.17, 15) is 14.0 Å². The van der Waals surface area contributed by atoms with Gasteiger partial charge in [-0.15, -0.1) is 0 Å². The smallest absolute Gasteiger partial charge is 0.303 e. The number of carbonyl (C=O) groups is 2. The summed E-state index contributed by atoms with van der Waals surface area (Å²) in [7, 11) is 0. The molecule has 10 heteroatoms. The predicted octanol–water partition coefficient (Wildman–Crippen LogP) is 4.77. The van der Waals surface area contributed by atoms with Crippen molar-refractivity contribution < 1.29 is 23.5 Å². The lowest BCUT2D eigenvalue weighted by Gasteiger charge is -2.12. The highest BCUT2D eigenvalue weighted by Gasteiger charge is 2.19. The molecule has 2 N–H and O–H groups in total. The molecule has 0 bridgehead atoms. The fraction of sp³-hybridized carbons (Fsp3) is 0.115. The van der Waals surface area contributed by atoms with Gasteiger partial charge in [-0.25, -0.2) is 14.4 Å². The molecule has 0 spiro atoms. The maximum absolute atomic E-state index is 14.7. The second kappa shape index (κ2) is 9.41. The number of anilines is 1. The van der Waals surface area contributed by atoms with Gasteiger partial charge in [-0.1, -0.05) is 18.2 Å². The average molecular weight is 485 g/mol. The molecule has 1 aromatic carbocycles. The van der Waals surface area contributed by atoms with Gasteiger partial charge in [0.2, 0.25) is 5.89 Å². The first-order chi connectivity index (χ1) is 17.4. The molecule has 0 unspecified atom stereocenters. The number of pyridine rings is 2. The minimum atomic E-state index is -0.930. The number of hydrogen-bond donors (Lipinski definition) is 2. The van der Waals surface area contributed by atoms with Gasteiger partial charge in [0, 0.05) is 47.4 Å². The molecule has 36 heavy (non-hydrogen) atoms. The molecule has 5 rings (SSSR count). The Morgan fingerprint density at radius 1 is 1.11 bits per heavy atom. The Bertz CT molecular complexity index is 1610. The van der Waals surface area contributed by atoms with Crippen LogP contribution in [-0.4, -0.2) is 36.3 Å². The molecular weight excluding hydrogens is 465 g/mol. The van der Waals surface area contributed by atoms with Crippen LogP contribution in [-0.2, 0) is 11.2 Å². The first-order valence-corrected chi connectivity index (χ1v) is 11.1. The minimum Gasteiger partial charge on any atom is -0.481 e. The number of hydrogen-bond acceptors (Lipinski definition) is 6. The number of carboxylic acid groups (broad SMARTS) is 1. The molecule has 0 radical (unpaired) electrons. The van der Waals surface area contributed by atoms with E-state index in [1.807, 2.05) is 6.92 Å². The van der Waals surface area contributed by atoms with Gasteiger partial charge in [0.1, 0.15) is 17.7 Å². The number of aliphatic carboxylic acids is 1. The van der Waals surface area contributed by atoms with E-state index in [0.717, 1.165) is 5.69 Å². The lowest BCUT2D eigenvalue weighted by molar-refractivity contribution is -0.136. The fourth-order valence-corrected chi connectivity index (χ4v) is 3.82. The SMILES string of the molecule is Cc1cc(-c2nc(C(=O)Nc3cn4cc(CCC(=O)O)nc4cc3-c3ccccc3F)co2)ccn1. The number of fused-ring (bicyclic) bond motifs is 1. The first kappa shape index (κ1) is 22.9. The highest BCUT2D eigenvalue weighted by molar-refractivity contribution is 6.05. The number of nitrogens with zero attached hydrogens (tertiary/aromatic N) is 4. The van der Waals surface area contributed by atoms with Crippen LogP contribution in [0.5, 0.6) is 0 Å². The van der Waals surface area contributed by atoms with Gasteiger partial charge in [0.15, 0.2) is 5.69 Å². The Morgan fingerprint density at radius 3 is 2.72 bits per heavy atom. The van der Waals surface area contributed by atoms with E-state index in [-0.39, 0.29) is 30.0 Å². The Labute approximate surface area is 204 Å². The van der Waals surface area contributed by atoms with E-state index in [2.05, 4.69) is 20.3 Å². The molecule has 4 heterocycles. The molecule has 0 aliphatic heterocycles. The van der Waals surface area contributed by atoms with Crippen LogP contribution < -0.4 is 5.32 Å². The van der Waals surface area contributed by atoms with Crippen molar-refractivity contribution in [2.75, 3.05) is 5.32 Å². The summed E-state index contributed by atoms with van der Waals surface area (Å²) in [6.07, 6.45) is 6.34. The number of amides is 1. The Morgan fingerprint density at radius 2 is 1.94 bits per heavy atom. The van der Waals surface area contributed by atoms with E-state index in [0.29, 0.717) is 28.2 Å². The molecule has 0 atom stereocenters. The Hall–Kier alpha value is -4.86. The number of halogens is 1. The van der Waals surface area contributed by atoms with Gasteiger partial charge < -0.3 is 19.2 Å². The highest BCUT2D eigenvalue weighted by atomic mass is 19.1. The third kappa shape index (κ3) is 4.69. The average Bonchev–Trinajstić information content (AvgIpc) is 3.50. The summed E-state index contributed by atoms with van der Waals surface area (Å²) in [6.45, 7) is 1.84. The number of nitrogens with one attached hydrogen (secondary N) is 1. The van der Waals surface area contributed by atoms with E-state index >= 15 is 0 Å². The second-order valence-electron chi connectivity index (χ2n) is 8.15. The van der Waals surface area contributed by atoms with Crippen molar-refractivity contribution in [2.24, 2.45) is 0 Å². The molecule has 180 valence electrons.